The van der Waals surface area contributed by atoms with Crippen molar-refractivity contribution in [3.05, 3.63) is 18.5 Å². The van der Waals surface area contributed by atoms with Gasteiger partial charge in [0.05, 0.1) is 6.04 Å². The van der Waals surface area contributed by atoms with Gasteiger partial charge in [-0.15, -0.1) is 0 Å². The minimum atomic E-state index is 0.0693. The van der Waals surface area contributed by atoms with Crippen LogP contribution < -0.4 is 5.32 Å². The second kappa shape index (κ2) is 6.84. The number of urea groups is 1. The van der Waals surface area contributed by atoms with Gasteiger partial charge in [0.15, 0.2) is 0 Å². The number of hydrogen-bond donors (Lipinski definition) is 1. The third-order valence-electron chi connectivity index (χ3n) is 3.59. The van der Waals surface area contributed by atoms with Crippen molar-refractivity contribution in [2.45, 2.75) is 31.1 Å². The van der Waals surface area contributed by atoms with E-state index in [1.165, 1.54) is 0 Å². The third kappa shape index (κ3) is 3.89. The standard InChI is InChI=1S/C13H22N4OS/c1-11(19-2)10-14-13(18)16-8-4-12(5-9-16)17-7-3-6-15-17/h3,6-7,11-12H,4-5,8-10H2,1-2H3,(H,14,18). The van der Waals surface area contributed by atoms with Crippen LogP contribution in [0.5, 0.6) is 0 Å². The van der Waals surface area contributed by atoms with Gasteiger partial charge in [-0.05, 0) is 25.2 Å². The highest BCUT2D eigenvalue weighted by Crippen LogP contribution is 2.21. The Morgan fingerprint density at radius 3 is 2.84 bits per heavy atom. The van der Waals surface area contributed by atoms with E-state index in [9.17, 15) is 4.79 Å². The van der Waals surface area contributed by atoms with Gasteiger partial charge >= 0.3 is 6.03 Å². The van der Waals surface area contributed by atoms with E-state index in [1.807, 2.05) is 28.0 Å². The first-order valence-corrected chi connectivity index (χ1v) is 8.04. The minimum absolute atomic E-state index is 0.0693. The van der Waals surface area contributed by atoms with Gasteiger partial charge in [0.25, 0.3) is 0 Å². The summed E-state index contributed by atoms with van der Waals surface area (Å²) in [6.07, 6.45) is 7.83. The van der Waals surface area contributed by atoms with E-state index in [4.69, 9.17) is 0 Å². The molecule has 106 valence electrons. The highest BCUT2D eigenvalue weighted by atomic mass is 32.2. The maximum absolute atomic E-state index is 12.0. The number of carbonyl (C=O) groups excluding carboxylic acids is 1. The molecule has 0 saturated carbocycles. The smallest absolute Gasteiger partial charge is 0.317 e. The average molecular weight is 282 g/mol. The summed E-state index contributed by atoms with van der Waals surface area (Å²) in [6.45, 7) is 4.47. The highest BCUT2D eigenvalue weighted by molar-refractivity contribution is 7.99. The van der Waals surface area contributed by atoms with E-state index in [1.54, 1.807) is 11.8 Å². The van der Waals surface area contributed by atoms with Crippen molar-refractivity contribution in [1.29, 1.82) is 0 Å². The lowest BCUT2D eigenvalue weighted by atomic mass is 10.1. The number of nitrogens with one attached hydrogen (secondary N) is 1. The predicted molar refractivity (Wildman–Crippen MR) is 78.4 cm³/mol. The van der Waals surface area contributed by atoms with Crippen molar-refractivity contribution in [3.63, 3.8) is 0 Å². The molecule has 1 aromatic heterocycles. The monoisotopic (exact) mass is 282 g/mol. The lowest BCUT2D eigenvalue weighted by Crippen LogP contribution is -2.46. The van der Waals surface area contributed by atoms with Crippen molar-refractivity contribution >= 4 is 17.8 Å². The molecule has 0 spiro atoms. The van der Waals surface area contributed by atoms with Crippen molar-refractivity contribution in [3.8, 4) is 0 Å². The van der Waals surface area contributed by atoms with E-state index in [-0.39, 0.29) is 6.03 Å². The number of nitrogens with zero attached hydrogens (tertiary/aromatic N) is 3. The lowest BCUT2D eigenvalue weighted by molar-refractivity contribution is 0.169. The Morgan fingerprint density at radius 1 is 1.53 bits per heavy atom. The molecule has 1 unspecified atom stereocenters. The quantitative estimate of drug-likeness (QED) is 0.918. The molecule has 0 radical (unpaired) electrons. The Balaban J connectivity index is 1.75. The van der Waals surface area contributed by atoms with Crippen LogP contribution in [0.1, 0.15) is 25.8 Å². The maximum atomic E-state index is 12.0. The Hall–Kier alpha value is -1.17. The van der Waals surface area contributed by atoms with Crippen LogP contribution in [0.4, 0.5) is 4.79 Å². The molecule has 2 amide bonds. The van der Waals surface area contributed by atoms with Gasteiger partial charge in [-0.3, -0.25) is 4.68 Å². The first kappa shape index (κ1) is 14.2. The summed E-state index contributed by atoms with van der Waals surface area (Å²) in [5.41, 5.74) is 0. The fourth-order valence-corrected chi connectivity index (χ4v) is 2.51. The van der Waals surface area contributed by atoms with Crippen molar-refractivity contribution in [1.82, 2.24) is 20.0 Å². The number of carbonyl (C=O) groups is 1. The molecular weight excluding hydrogens is 260 g/mol. The summed E-state index contributed by atoms with van der Waals surface area (Å²) in [5, 5.41) is 7.74. The molecule has 0 bridgehead atoms. The molecule has 2 rings (SSSR count). The van der Waals surface area contributed by atoms with Crippen molar-refractivity contribution in [2.24, 2.45) is 0 Å². The molecule has 1 atom stereocenters. The number of thioether (sulfide) groups is 1. The molecule has 2 heterocycles. The number of hydrogen-bond acceptors (Lipinski definition) is 3. The molecule has 1 fully saturated rings. The average Bonchev–Trinajstić information content (AvgIpc) is 2.98. The Bertz CT molecular complexity index is 387. The number of rotatable bonds is 4. The number of piperidine rings is 1. The van der Waals surface area contributed by atoms with Crippen LogP contribution >= 0.6 is 11.8 Å². The second-order valence-electron chi connectivity index (χ2n) is 4.94. The SMILES string of the molecule is CSC(C)CNC(=O)N1CCC(n2cccn2)CC1. The van der Waals surface area contributed by atoms with E-state index in [0.717, 1.165) is 32.5 Å². The van der Waals surface area contributed by atoms with Gasteiger partial charge < -0.3 is 10.2 Å². The zero-order valence-electron chi connectivity index (χ0n) is 11.6. The van der Waals surface area contributed by atoms with E-state index < -0.39 is 0 Å². The third-order valence-corrected chi connectivity index (χ3v) is 4.57. The Labute approximate surface area is 118 Å². The van der Waals surface area contributed by atoms with Gasteiger partial charge in [-0.25, -0.2) is 4.79 Å². The zero-order valence-corrected chi connectivity index (χ0v) is 12.4. The van der Waals surface area contributed by atoms with Crippen LogP contribution in [0.15, 0.2) is 18.5 Å². The Morgan fingerprint density at radius 2 is 2.26 bits per heavy atom. The van der Waals surface area contributed by atoms with Gasteiger partial charge in [0, 0.05) is 37.3 Å². The second-order valence-corrected chi connectivity index (χ2v) is 6.21. The summed E-state index contributed by atoms with van der Waals surface area (Å²) < 4.78 is 2.01. The van der Waals surface area contributed by atoms with Crippen LogP contribution in [0.2, 0.25) is 0 Å². The van der Waals surface area contributed by atoms with Crippen LogP contribution in [-0.4, -0.2) is 51.9 Å². The molecule has 6 heteroatoms. The topological polar surface area (TPSA) is 50.2 Å². The first-order chi connectivity index (χ1) is 9.20. The summed E-state index contributed by atoms with van der Waals surface area (Å²) in [7, 11) is 0. The van der Waals surface area contributed by atoms with Crippen LogP contribution in [-0.2, 0) is 0 Å². The minimum Gasteiger partial charge on any atom is -0.337 e. The summed E-state index contributed by atoms with van der Waals surface area (Å²) in [4.78, 5) is 13.9. The molecule has 1 aliphatic rings. The summed E-state index contributed by atoms with van der Waals surface area (Å²) in [6, 6.07) is 2.45. The van der Waals surface area contributed by atoms with Gasteiger partial charge in [0.1, 0.15) is 0 Å². The normalized spacial score (nSPS) is 18.3. The molecule has 1 N–H and O–H groups in total. The molecule has 0 aromatic carbocycles. The zero-order chi connectivity index (χ0) is 13.7. The summed E-state index contributed by atoms with van der Waals surface area (Å²) >= 11 is 1.77. The molecular formula is C13H22N4OS. The van der Waals surface area contributed by atoms with Crippen molar-refractivity contribution in [2.75, 3.05) is 25.9 Å². The van der Waals surface area contributed by atoms with Gasteiger partial charge in [-0.2, -0.15) is 16.9 Å². The summed E-state index contributed by atoms with van der Waals surface area (Å²) in [5.74, 6) is 0. The van der Waals surface area contributed by atoms with E-state index in [2.05, 4.69) is 23.6 Å². The van der Waals surface area contributed by atoms with Gasteiger partial charge in [-0.1, -0.05) is 6.92 Å². The molecule has 5 nitrogen and oxygen atoms in total. The largest absolute Gasteiger partial charge is 0.337 e. The Kier molecular flexibility index (Phi) is 5.13. The van der Waals surface area contributed by atoms with E-state index in [0.29, 0.717) is 11.3 Å². The number of likely N-dealkylation sites (tertiary alicyclic amines) is 1. The molecule has 1 saturated heterocycles. The highest BCUT2D eigenvalue weighted by Gasteiger charge is 2.23. The lowest BCUT2D eigenvalue weighted by Gasteiger charge is -2.32. The fourth-order valence-electron chi connectivity index (χ4n) is 2.26. The molecule has 0 aliphatic carbocycles. The first-order valence-electron chi connectivity index (χ1n) is 6.75. The van der Waals surface area contributed by atoms with Crippen LogP contribution in [0.25, 0.3) is 0 Å². The maximum Gasteiger partial charge on any atom is 0.317 e. The van der Waals surface area contributed by atoms with Crippen LogP contribution in [0, 0.1) is 0 Å². The number of amides is 2. The fraction of sp³-hybridized carbons (Fsp3) is 0.692. The van der Waals surface area contributed by atoms with E-state index >= 15 is 0 Å². The van der Waals surface area contributed by atoms with Crippen molar-refractivity contribution < 1.29 is 4.79 Å². The molecule has 19 heavy (non-hydrogen) atoms. The predicted octanol–water partition coefficient (Wildman–Crippen LogP) is 1.98. The molecule has 1 aliphatic heterocycles. The van der Waals surface area contributed by atoms with Crippen LogP contribution in [0.3, 0.4) is 0 Å². The molecule has 1 aromatic rings. The number of aromatic nitrogens is 2. The van der Waals surface area contributed by atoms with Gasteiger partial charge in [0.2, 0.25) is 0 Å².